The molecule has 7 heteroatoms. The van der Waals surface area contributed by atoms with Crippen molar-refractivity contribution in [3.05, 3.63) is 23.8 Å². The standard InChI is InChI=1S/C16H26N2O4S/c1-4-8-18(9-5-2)23(19,20)17-13(3)14-6-7-15-16(12-14)22-11-10-21-15/h6-7,12-13,17H,4-5,8-11H2,1-3H3/t13-/m1/s1. The Morgan fingerprint density at radius 3 is 2.35 bits per heavy atom. The summed E-state index contributed by atoms with van der Waals surface area (Å²) in [6.45, 7) is 7.88. The third-order valence-electron chi connectivity index (χ3n) is 3.68. The van der Waals surface area contributed by atoms with Crippen LogP contribution in [-0.2, 0) is 10.2 Å². The van der Waals surface area contributed by atoms with Crippen molar-refractivity contribution in [2.45, 2.75) is 39.7 Å². The Morgan fingerprint density at radius 1 is 1.13 bits per heavy atom. The SMILES string of the molecule is CCCN(CCC)S(=O)(=O)N[C@H](C)c1ccc2c(c1)OCCO2. The predicted octanol–water partition coefficient (Wildman–Crippen LogP) is 2.48. The molecule has 0 unspecified atom stereocenters. The second-order valence-corrected chi connectivity index (χ2v) is 7.35. The lowest BCUT2D eigenvalue weighted by atomic mass is 10.1. The Hall–Kier alpha value is -1.31. The molecular formula is C16H26N2O4S. The topological polar surface area (TPSA) is 67.9 Å². The van der Waals surface area contributed by atoms with E-state index >= 15 is 0 Å². The van der Waals surface area contributed by atoms with E-state index in [9.17, 15) is 8.42 Å². The lowest BCUT2D eigenvalue weighted by Gasteiger charge is -2.25. The van der Waals surface area contributed by atoms with Crippen LogP contribution in [0.3, 0.4) is 0 Å². The van der Waals surface area contributed by atoms with Crippen molar-refractivity contribution in [3.63, 3.8) is 0 Å². The lowest BCUT2D eigenvalue weighted by Crippen LogP contribution is -2.42. The summed E-state index contributed by atoms with van der Waals surface area (Å²) >= 11 is 0. The molecule has 0 amide bonds. The maximum Gasteiger partial charge on any atom is 0.279 e. The molecule has 0 spiro atoms. The van der Waals surface area contributed by atoms with Gasteiger partial charge in [0.05, 0.1) is 0 Å². The fourth-order valence-electron chi connectivity index (χ4n) is 2.55. The van der Waals surface area contributed by atoms with Gasteiger partial charge in [0.1, 0.15) is 13.2 Å². The van der Waals surface area contributed by atoms with Crippen molar-refractivity contribution in [1.82, 2.24) is 9.03 Å². The van der Waals surface area contributed by atoms with Gasteiger partial charge in [-0.1, -0.05) is 19.9 Å². The van der Waals surface area contributed by atoms with E-state index < -0.39 is 10.2 Å². The van der Waals surface area contributed by atoms with E-state index in [2.05, 4.69) is 4.72 Å². The molecule has 0 fully saturated rings. The quantitative estimate of drug-likeness (QED) is 0.788. The molecule has 0 radical (unpaired) electrons. The number of ether oxygens (including phenoxy) is 2. The fourth-order valence-corrected chi connectivity index (χ4v) is 4.12. The van der Waals surface area contributed by atoms with Crippen LogP contribution in [-0.4, -0.2) is 39.0 Å². The molecule has 1 atom stereocenters. The van der Waals surface area contributed by atoms with E-state index in [0.29, 0.717) is 37.8 Å². The Bertz CT molecular complexity index is 613. The molecular weight excluding hydrogens is 316 g/mol. The summed E-state index contributed by atoms with van der Waals surface area (Å²) in [6, 6.07) is 5.19. The van der Waals surface area contributed by atoms with Crippen molar-refractivity contribution in [2.24, 2.45) is 0 Å². The maximum atomic E-state index is 12.5. The maximum absolute atomic E-state index is 12.5. The van der Waals surface area contributed by atoms with Gasteiger partial charge in [-0.05, 0) is 37.5 Å². The predicted molar refractivity (Wildman–Crippen MR) is 90.1 cm³/mol. The van der Waals surface area contributed by atoms with Gasteiger partial charge in [-0.3, -0.25) is 0 Å². The molecule has 0 saturated carbocycles. The molecule has 1 heterocycles. The van der Waals surface area contributed by atoms with E-state index in [1.165, 1.54) is 4.31 Å². The number of hydrogen-bond acceptors (Lipinski definition) is 4. The van der Waals surface area contributed by atoms with Crippen LogP contribution in [0.25, 0.3) is 0 Å². The molecule has 1 aromatic carbocycles. The highest BCUT2D eigenvalue weighted by molar-refractivity contribution is 7.87. The number of rotatable bonds is 8. The molecule has 2 rings (SSSR count). The van der Waals surface area contributed by atoms with Crippen LogP contribution in [0.2, 0.25) is 0 Å². The van der Waals surface area contributed by atoms with Gasteiger partial charge in [-0.15, -0.1) is 0 Å². The number of benzene rings is 1. The summed E-state index contributed by atoms with van der Waals surface area (Å²) in [6.07, 6.45) is 1.58. The summed E-state index contributed by atoms with van der Waals surface area (Å²) in [5.74, 6) is 1.37. The minimum absolute atomic E-state index is 0.341. The molecule has 0 aliphatic carbocycles. The Balaban J connectivity index is 2.12. The summed E-state index contributed by atoms with van der Waals surface area (Å²) in [5.41, 5.74) is 0.853. The Morgan fingerprint density at radius 2 is 1.74 bits per heavy atom. The van der Waals surface area contributed by atoms with Gasteiger partial charge >= 0.3 is 0 Å². The summed E-state index contributed by atoms with van der Waals surface area (Å²) in [7, 11) is -3.50. The van der Waals surface area contributed by atoms with E-state index in [1.807, 2.05) is 39.0 Å². The molecule has 0 bridgehead atoms. The van der Waals surface area contributed by atoms with Crippen LogP contribution < -0.4 is 14.2 Å². The van der Waals surface area contributed by atoms with Gasteiger partial charge < -0.3 is 9.47 Å². The first-order valence-corrected chi connectivity index (χ1v) is 9.59. The summed E-state index contributed by atoms with van der Waals surface area (Å²) < 4.78 is 40.4. The largest absolute Gasteiger partial charge is 0.486 e. The normalized spacial score (nSPS) is 15.7. The first-order chi connectivity index (χ1) is 11.0. The second kappa shape index (κ2) is 7.99. The smallest absolute Gasteiger partial charge is 0.279 e. The molecule has 1 aliphatic heterocycles. The van der Waals surface area contributed by atoms with Crippen LogP contribution in [0.4, 0.5) is 0 Å². The van der Waals surface area contributed by atoms with Crippen molar-refractivity contribution in [2.75, 3.05) is 26.3 Å². The van der Waals surface area contributed by atoms with Gasteiger partial charge in [0.2, 0.25) is 0 Å². The van der Waals surface area contributed by atoms with Crippen LogP contribution in [0.15, 0.2) is 18.2 Å². The monoisotopic (exact) mass is 342 g/mol. The Labute approximate surface area is 139 Å². The lowest BCUT2D eigenvalue weighted by molar-refractivity contribution is 0.171. The molecule has 23 heavy (non-hydrogen) atoms. The molecule has 0 saturated heterocycles. The van der Waals surface area contributed by atoms with E-state index in [-0.39, 0.29) is 6.04 Å². The van der Waals surface area contributed by atoms with E-state index in [4.69, 9.17) is 9.47 Å². The summed E-state index contributed by atoms with van der Waals surface area (Å²) in [4.78, 5) is 0. The van der Waals surface area contributed by atoms with E-state index in [1.54, 1.807) is 0 Å². The first-order valence-electron chi connectivity index (χ1n) is 8.15. The van der Waals surface area contributed by atoms with Gasteiger partial charge in [-0.25, -0.2) is 0 Å². The molecule has 1 aromatic rings. The minimum Gasteiger partial charge on any atom is -0.486 e. The van der Waals surface area contributed by atoms with Gasteiger partial charge in [-0.2, -0.15) is 17.4 Å². The minimum atomic E-state index is -3.50. The van der Waals surface area contributed by atoms with Gasteiger partial charge in [0.25, 0.3) is 10.2 Å². The molecule has 1 aliphatic rings. The van der Waals surface area contributed by atoms with Crippen LogP contribution in [0.5, 0.6) is 11.5 Å². The highest BCUT2D eigenvalue weighted by atomic mass is 32.2. The summed E-state index contributed by atoms with van der Waals surface area (Å²) in [5, 5.41) is 0. The van der Waals surface area contributed by atoms with Crippen molar-refractivity contribution in [3.8, 4) is 11.5 Å². The number of nitrogens with one attached hydrogen (secondary N) is 1. The average molecular weight is 342 g/mol. The van der Waals surface area contributed by atoms with Gasteiger partial charge in [0.15, 0.2) is 11.5 Å². The second-order valence-electron chi connectivity index (χ2n) is 5.65. The Kier molecular flexibility index (Phi) is 6.26. The molecule has 6 nitrogen and oxygen atoms in total. The number of fused-ring (bicyclic) bond motifs is 1. The zero-order valence-electron chi connectivity index (χ0n) is 14.0. The highest BCUT2D eigenvalue weighted by Gasteiger charge is 2.24. The van der Waals surface area contributed by atoms with Crippen LogP contribution in [0, 0.1) is 0 Å². The molecule has 130 valence electrons. The van der Waals surface area contributed by atoms with Crippen molar-refractivity contribution >= 4 is 10.2 Å². The van der Waals surface area contributed by atoms with Crippen LogP contribution in [0.1, 0.15) is 45.2 Å². The first kappa shape index (κ1) is 18.0. The molecule has 0 aromatic heterocycles. The van der Waals surface area contributed by atoms with Crippen molar-refractivity contribution in [1.29, 1.82) is 0 Å². The zero-order chi connectivity index (χ0) is 16.9. The molecule has 1 N–H and O–H groups in total. The fraction of sp³-hybridized carbons (Fsp3) is 0.625. The van der Waals surface area contributed by atoms with Crippen molar-refractivity contribution < 1.29 is 17.9 Å². The van der Waals surface area contributed by atoms with E-state index in [0.717, 1.165) is 18.4 Å². The zero-order valence-corrected chi connectivity index (χ0v) is 14.9. The third-order valence-corrected chi connectivity index (χ3v) is 5.37. The third kappa shape index (κ3) is 4.59. The highest BCUT2D eigenvalue weighted by Crippen LogP contribution is 2.32. The average Bonchev–Trinajstić information content (AvgIpc) is 2.53. The van der Waals surface area contributed by atoms with Crippen LogP contribution >= 0.6 is 0 Å². The number of hydrogen-bond donors (Lipinski definition) is 1. The number of nitrogens with zero attached hydrogens (tertiary/aromatic N) is 1. The van der Waals surface area contributed by atoms with Gasteiger partial charge in [0, 0.05) is 19.1 Å².